The molecule has 0 amide bonds. The molecule has 3 rings (SSSR count). The molecule has 3 nitrogen and oxygen atoms in total. The molecular formula is C18H15BrN2O. The molecule has 0 N–H and O–H groups in total. The summed E-state index contributed by atoms with van der Waals surface area (Å²) < 4.78 is 6.79. The van der Waals surface area contributed by atoms with E-state index in [1.54, 1.807) is 0 Å². The number of fused-ring (bicyclic) bond motifs is 1. The van der Waals surface area contributed by atoms with Gasteiger partial charge in [0.2, 0.25) is 5.89 Å². The maximum atomic E-state index is 9.46. The highest BCUT2D eigenvalue weighted by molar-refractivity contribution is 9.10. The molecular weight excluding hydrogens is 340 g/mol. The Kier molecular flexibility index (Phi) is 3.54. The monoisotopic (exact) mass is 354 g/mol. The van der Waals surface area contributed by atoms with E-state index < -0.39 is 0 Å². The smallest absolute Gasteiger partial charge is 0.200 e. The van der Waals surface area contributed by atoms with Gasteiger partial charge in [-0.1, -0.05) is 51.1 Å². The summed E-state index contributed by atoms with van der Waals surface area (Å²) in [7, 11) is 0. The van der Waals surface area contributed by atoms with Crippen LogP contribution in [0, 0.1) is 11.3 Å². The lowest BCUT2D eigenvalue weighted by Crippen LogP contribution is -2.11. The number of nitrogens with zero attached hydrogens (tertiary/aromatic N) is 2. The van der Waals surface area contributed by atoms with E-state index in [2.05, 4.69) is 27.0 Å². The molecule has 0 aliphatic rings. The van der Waals surface area contributed by atoms with Crippen LogP contribution in [-0.4, -0.2) is 4.98 Å². The average Bonchev–Trinajstić information content (AvgIpc) is 2.95. The van der Waals surface area contributed by atoms with Crippen LogP contribution in [0.4, 0.5) is 0 Å². The first kappa shape index (κ1) is 14.8. The molecule has 0 fully saturated rings. The Hall–Kier alpha value is -2.12. The van der Waals surface area contributed by atoms with Gasteiger partial charge >= 0.3 is 0 Å². The molecule has 0 aliphatic carbocycles. The fourth-order valence-electron chi connectivity index (χ4n) is 2.28. The van der Waals surface area contributed by atoms with E-state index in [1.807, 2.05) is 57.2 Å². The summed E-state index contributed by atoms with van der Waals surface area (Å²) in [5, 5.41) is 9.46. The third-order valence-corrected chi connectivity index (χ3v) is 4.24. The minimum absolute atomic E-state index is 0.210. The fourth-order valence-corrected chi connectivity index (χ4v) is 2.90. The molecule has 0 spiro atoms. The van der Waals surface area contributed by atoms with Crippen LogP contribution in [-0.2, 0) is 5.41 Å². The fraction of sp³-hybridized carbons (Fsp3) is 0.222. The van der Waals surface area contributed by atoms with Crippen molar-refractivity contribution in [3.63, 3.8) is 0 Å². The molecule has 0 saturated heterocycles. The normalized spacial score (nSPS) is 11.6. The van der Waals surface area contributed by atoms with Gasteiger partial charge in [0.05, 0.1) is 10.0 Å². The van der Waals surface area contributed by atoms with Crippen LogP contribution in [0.1, 0.15) is 32.2 Å². The van der Waals surface area contributed by atoms with Crippen LogP contribution < -0.4 is 0 Å². The van der Waals surface area contributed by atoms with Gasteiger partial charge in [0, 0.05) is 11.0 Å². The molecule has 0 aliphatic heterocycles. The molecule has 2 aromatic carbocycles. The predicted molar refractivity (Wildman–Crippen MR) is 90.6 cm³/mol. The van der Waals surface area contributed by atoms with Crippen molar-refractivity contribution in [2.75, 3.05) is 0 Å². The SMILES string of the molecule is CC(C)(C)c1nc2c(C#N)cc(-c3ccccc3)c(Br)c2o1. The standard InChI is InChI=1S/C18H15BrN2O/c1-18(2,3)17-21-15-12(10-20)9-13(14(19)16(15)22-17)11-7-5-4-6-8-11/h4-9H,1-3H3. The molecule has 0 bridgehead atoms. The number of aromatic nitrogens is 1. The van der Waals surface area contributed by atoms with E-state index in [4.69, 9.17) is 4.42 Å². The van der Waals surface area contributed by atoms with Gasteiger partial charge in [0.15, 0.2) is 5.58 Å². The van der Waals surface area contributed by atoms with Crippen LogP contribution in [0.5, 0.6) is 0 Å². The van der Waals surface area contributed by atoms with Crippen LogP contribution >= 0.6 is 15.9 Å². The van der Waals surface area contributed by atoms with Crippen molar-refractivity contribution in [1.29, 1.82) is 5.26 Å². The van der Waals surface area contributed by atoms with Crippen molar-refractivity contribution in [1.82, 2.24) is 4.98 Å². The van der Waals surface area contributed by atoms with E-state index >= 15 is 0 Å². The van der Waals surface area contributed by atoms with E-state index in [0.717, 1.165) is 15.6 Å². The number of benzene rings is 2. The molecule has 0 radical (unpaired) electrons. The summed E-state index contributed by atoms with van der Waals surface area (Å²) in [6.45, 7) is 6.11. The second kappa shape index (κ2) is 5.26. The lowest BCUT2D eigenvalue weighted by Gasteiger charge is -2.11. The Balaban J connectivity index is 2.34. The first-order valence-electron chi connectivity index (χ1n) is 7.01. The second-order valence-corrected chi connectivity index (χ2v) is 7.00. The van der Waals surface area contributed by atoms with E-state index in [1.165, 1.54) is 0 Å². The number of oxazole rings is 1. The molecule has 0 unspecified atom stereocenters. The van der Waals surface area contributed by atoms with E-state index in [0.29, 0.717) is 22.6 Å². The molecule has 4 heteroatoms. The third-order valence-electron chi connectivity index (χ3n) is 3.45. The van der Waals surface area contributed by atoms with Crippen molar-refractivity contribution >= 4 is 27.0 Å². The molecule has 3 aromatic rings. The first-order valence-corrected chi connectivity index (χ1v) is 7.80. The summed E-state index contributed by atoms with van der Waals surface area (Å²) in [6, 6.07) is 14.0. The van der Waals surface area contributed by atoms with E-state index in [-0.39, 0.29) is 5.41 Å². The van der Waals surface area contributed by atoms with Crippen molar-refractivity contribution in [3.8, 4) is 17.2 Å². The molecule has 1 aromatic heterocycles. The van der Waals surface area contributed by atoms with Crippen LogP contribution in [0.3, 0.4) is 0 Å². The molecule has 0 saturated carbocycles. The van der Waals surface area contributed by atoms with Crippen molar-refractivity contribution < 1.29 is 4.42 Å². The van der Waals surface area contributed by atoms with Crippen LogP contribution in [0.25, 0.3) is 22.2 Å². The van der Waals surface area contributed by atoms with Gasteiger partial charge in [0.25, 0.3) is 0 Å². The minimum Gasteiger partial charge on any atom is -0.439 e. The Bertz CT molecular complexity index is 883. The summed E-state index contributed by atoms with van der Waals surface area (Å²) in [5.74, 6) is 0.630. The van der Waals surface area contributed by atoms with Gasteiger partial charge < -0.3 is 4.42 Å². The number of nitriles is 1. The average molecular weight is 355 g/mol. The number of rotatable bonds is 1. The maximum Gasteiger partial charge on any atom is 0.200 e. The zero-order chi connectivity index (χ0) is 15.9. The molecule has 22 heavy (non-hydrogen) atoms. The summed E-state index contributed by atoms with van der Waals surface area (Å²) in [5.41, 5.74) is 3.51. The zero-order valence-corrected chi connectivity index (χ0v) is 14.2. The third kappa shape index (κ3) is 2.42. The highest BCUT2D eigenvalue weighted by Gasteiger charge is 2.24. The van der Waals surface area contributed by atoms with Crippen molar-refractivity contribution in [2.45, 2.75) is 26.2 Å². The van der Waals surface area contributed by atoms with Gasteiger partial charge in [-0.2, -0.15) is 5.26 Å². The van der Waals surface area contributed by atoms with Gasteiger partial charge in [-0.3, -0.25) is 0 Å². The molecule has 1 heterocycles. The quantitative estimate of drug-likeness (QED) is 0.585. The number of hydrogen-bond donors (Lipinski definition) is 0. The second-order valence-electron chi connectivity index (χ2n) is 6.21. The van der Waals surface area contributed by atoms with Crippen LogP contribution in [0.2, 0.25) is 0 Å². The Morgan fingerprint density at radius 3 is 2.45 bits per heavy atom. The molecule has 110 valence electrons. The van der Waals surface area contributed by atoms with Gasteiger partial charge in [0.1, 0.15) is 11.6 Å². The summed E-state index contributed by atoms with van der Waals surface area (Å²) in [4.78, 5) is 4.53. The van der Waals surface area contributed by atoms with Crippen molar-refractivity contribution in [3.05, 3.63) is 52.3 Å². The van der Waals surface area contributed by atoms with Crippen molar-refractivity contribution in [2.24, 2.45) is 0 Å². The number of hydrogen-bond acceptors (Lipinski definition) is 3. The molecule has 0 atom stereocenters. The van der Waals surface area contributed by atoms with Gasteiger partial charge in [-0.05, 0) is 27.6 Å². The largest absolute Gasteiger partial charge is 0.439 e. The number of halogens is 1. The maximum absolute atomic E-state index is 9.46. The topological polar surface area (TPSA) is 49.8 Å². The van der Waals surface area contributed by atoms with Crippen LogP contribution in [0.15, 0.2) is 45.3 Å². The lowest BCUT2D eigenvalue weighted by molar-refractivity contribution is 0.410. The predicted octanol–water partition coefficient (Wildman–Crippen LogP) is 5.43. The van der Waals surface area contributed by atoms with Gasteiger partial charge in [-0.15, -0.1) is 0 Å². The first-order chi connectivity index (χ1) is 10.4. The van der Waals surface area contributed by atoms with E-state index in [9.17, 15) is 5.26 Å². The summed E-state index contributed by atoms with van der Waals surface area (Å²) >= 11 is 3.62. The summed E-state index contributed by atoms with van der Waals surface area (Å²) in [6.07, 6.45) is 0. The minimum atomic E-state index is -0.210. The Labute approximate surface area is 137 Å². The lowest BCUT2D eigenvalue weighted by atomic mass is 9.97. The Morgan fingerprint density at radius 1 is 1.18 bits per heavy atom. The van der Waals surface area contributed by atoms with Gasteiger partial charge in [-0.25, -0.2) is 4.98 Å². The zero-order valence-electron chi connectivity index (χ0n) is 12.6. The highest BCUT2D eigenvalue weighted by Crippen LogP contribution is 2.38. The Morgan fingerprint density at radius 2 is 1.86 bits per heavy atom. The highest BCUT2D eigenvalue weighted by atomic mass is 79.9.